The van der Waals surface area contributed by atoms with Gasteiger partial charge in [0, 0.05) is 47.5 Å². The molecule has 57 heavy (non-hydrogen) atoms. The predicted octanol–water partition coefficient (Wildman–Crippen LogP) is 5.60. The number of hydrazone groups is 2. The highest BCUT2D eigenvalue weighted by Gasteiger charge is 2.40. The number of benzene rings is 2. The number of sulfonamides is 1. The lowest BCUT2D eigenvalue weighted by Crippen LogP contribution is -2.43. The highest BCUT2D eigenvalue weighted by atomic mass is 35.7. The second-order valence-electron chi connectivity index (χ2n) is 13.3. The minimum atomic E-state index is -3.92. The van der Waals surface area contributed by atoms with Gasteiger partial charge in [-0.25, -0.2) is 41.2 Å². The Morgan fingerprint density at radius 3 is 1.70 bits per heavy atom. The summed E-state index contributed by atoms with van der Waals surface area (Å²) < 4.78 is 59.1. The topological polar surface area (TPSA) is 215 Å². The van der Waals surface area contributed by atoms with Gasteiger partial charge >= 0.3 is 11.9 Å². The van der Waals surface area contributed by atoms with Crippen molar-refractivity contribution in [3.05, 3.63) is 59.7 Å². The molecule has 21 heteroatoms. The van der Waals surface area contributed by atoms with Crippen LogP contribution in [0.15, 0.2) is 78.5 Å². The molecule has 0 unspecified atom stereocenters. The van der Waals surface area contributed by atoms with E-state index in [0.29, 0.717) is 24.5 Å². The molecule has 314 valence electrons. The van der Waals surface area contributed by atoms with Gasteiger partial charge in [-0.3, -0.25) is 9.98 Å². The fraction of sp³-hybridized carbons (Fsp3) is 0.500. The molecule has 2 aromatic rings. The van der Waals surface area contributed by atoms with Gasteiger partial charge in [0.1, 0.15) is 0 Å². The lowest BCUT2D eigenvalue weighted by atomic mass is 9.88. The highest BCUT2D eigenvalue weighted by molar-refractivity contribution is 8.13. The number of hydrogen-bond acceptors (Lipinski definition) is 12. The Labute approximate surface area is 349 Å². The molecule has 0 atom stereocenters. The average Bonchev–Trinajstić information content (AvgIpc) is 4.04. The fourth-order valence-electron chi connectivity index (χ4n) is 6.56. The Morgan fingerprint density at radius 2 is 1.26 bits per heavy atom. The maximum Gasteiger partial charge on any atom is 0.337 e. The van der Waals surface area contributed by atoms with Crippen molar-refractivity contribution in [3.63, 3.8) is 0 Å². The molecule has 0 amide bonds. The number of hydrogen-bond donors (Lipinski definition) is 2. The minimum Gasteiger partial charge on any atom is -0.465 e. The number of carbonyl (C=O) groups is 2. The van der Waals surface area contributed by atoms with Crippen LogP contribution in [0.25, 0.3) is 0 Å². The van der Waals surface area contributed by atoms with Crippen LogP contribution in [0.1, 0.15) is 79.0 Å². The van der Waals surface area contributed by atoms with E-state index < -0.39 is 31.0 Å². The Bertz CT molecular complexity index is 2040. The summed E-state index contributed by atoms with van der Waals surface area (Å²) in [4.78, 5) is 30.8. The van der Waals surface area contributed by atoms with Crippen LogP contribution in [0.5, 0.6) is 0 Å². The van der Waals surface area contributed by atoms with Crippen molar-refractivity contribution < 1.29 is 35.9 Å². The zero-order valence-corrected chi connectivity index (χ0v) is 36.1. The summed E-state index contributed by atoms with van der Waals surface area (Å²) in [6.45, 7) is 3.79. The normalized spacial score (nSPS) is 17.9. The summed E-state index contributed by atoms with van der Waals surface area (Å²) in [7, 11) is 1.53. The lowest BCUT2D eigenvalue weighted by Gasteiger charge is -2.23. The molecule has 2 fully saturated rings. The average molecular weight is 892 g/mol. The van der Waals surface area contributed by atoms with Gasteiger partial charge in [0.25, 0.3) is 19.1 Å². The van der Waals surface area contributed by atoms with E-state index in [9.17, 15) is 26.4 Å². The van der Waals surface area contributed by atoms with Gasteiger partial charge in [0.2, 0.25) is 11.9 Å². The predicted molar refractivity (Wildman–Crippen MR) is 223 cm³/mol. The molecule has 6 rings (SSSR count). The van der Waals surface area contributed by atoms with Gasteiger partial charge in [0.05, 0.1) is 53.6 Å². The second-order valence-corrected chi connectivity index (χ2v) is 18.4. The molecule has 3 N–H and O–H groups in total. The molecule has 2 aliphatic heterocycles. The van der Waals surface area contributed by atoms with Crippen LogP contribution < -0.4 is 10.5 Å². The van der Waals surface area contributed by atoms with Crippen molar-refractivity contribution in [3.8, 4) is 0 Å². The number of ether oxygens (including phenoxy) is 2. The van der Waals surface area contributed by atoms with E-state index in [1.165, 1.54) is 82.4 Å². The number of halogens is 3. The van der Waals surface area contributed by atoms with E-state index in [2.05, 4.69) is 40.6 Å². The zero-order chi connectivity index (χ0) is 42.3. The van der Waals surface area contributed by atoms with Crippen molar-refractivity contribution in [1.29, 1.82) is 0 Å². The highest BCUT2D eigenvalue weighted by Crippen LogP contribution is 2.41. The maximum atomic E-state index is 12.8. The third-order valence-electron chi connectivity index (χ3n) is 9.44. The van der Waals surface area contributed by atoms with Crippen LogP contribution in [0.4, 0.5) is 0 Å². The maximum absolute atomic E-state index is 12.8. The molecule has 2 spiro atoms. The van der Waals surface area contributed by atoms with E-state index in [0.717, 1.165) is 38.3 Å². The molecule has 4 aliphatic rings. The molecule has 0 bridgehead atoms. The summed E-state index contributed by atoms with van der Waals surface area (Å²) in [5, 5.41) is 12.3. The van der Waals surface area contributed by atoms with E-state index in [1.54, 1.807) is 12.1 Å². The van der Waals surface area contributed by atoms with Gasteiger partial charge < -0.3 is 15.2 Å². The monoisotopic (exact) mass is 890 g/mol. The van der Waals surface area contributed by atoms with Gasteiger partial charge in [-0.2, -0.15) is 10.2 Å². The summed E-state index contributed by atoms with van der Waals surface area (Å²) in [5.74, 6) is -0.477. The summed E-state index contributed by atoms with van der Waals surface area (Å²) in [6, 6.07) is 11.0. The first-order chi connectivity index (χ1) is 27.0. The van der Waals surface area contributed by atoms with Crippen LogP contribution >= 0.6 is 33.9 Å². The zero-order valence-electron chi connectivity index (χ0n) is 32.2. The van der Waals surface area contributed by atoms with Crippen molar-refractivity contribution in [2.24, 2.45) is 36.8 Å². The SMILES string of the molecule is CCN=C(NS(=O)(=O)c1cccc(C(=O)OC)c1)N1CC2(C=N1)CCCC2.CN=C(N)N1CC2(C=N1)CCCC2.COC(=O)c1cccc(S(=O)(=O)Cl)c1.ClCCl. The molecule has 16 nitrogen and oxygen atoms in total. The number of nitrogens with zero attached hydrogens (tertiary/aromatic N) is 6. The quantitative estimate of drug-likeness (QED) is 0.120. The molecule has 2 heterocycles. The van der Waals surface area contributed by atoms with Crippen LogP contribution in [0, 0.1) is 10.8 Å². The third kappa shape index (κ3) is 13.6. The fourth-order valence-corrected chi connectivity index (χ4v) is 8.42. The summed E-state index contributed by atoms with van der Waals surface area (Å²) in [6.07, 6.45) is 13.6. The van der Waals surface area contributed by atoms with Crippen LogP contribution in [-0.4, -0.2) is 109 Å². The number of guanidine groups is 2. The first-order valence-electron chi connectivity index (χ1n) is 17.9. The summed E-state index contributed by atoms with van der Waals surface area (Å²) >= 11 is 9.53. The van der Waals surface area contributed by atoms with Crippen molar-refractivity contribution in [2.75, 3.05) is 46.2 Å². The number of alkyl halides is 2. The molecule has 0 saturated heterocycles. The van der Waals surface area contributed by atoms with Crippen molar-refractivity contribution >= 4 is 89.2 Å². The Morgan fingerprint density at radius 1 is 0.825 bits per heavy atom. The molecule has 2 saturated carbocycles. The number of methoxy groups -OCH3 is 2. The number of nitrogens with one attached hydrogen (secondary N) is 1. The van der Waals surface area contributed by atoms with Crippen LogP contribution in [0.2, 0.25) is 0 Å². The second kappa shape index (κ2) is 21.7. The Balaban J connectivity index is 0.000000243. The van der Waals surface area contributed by atoms with E-state index in [4.69, 9.17) is 39.6 Å². The number of esters is 2. The number of rotatable bonds is 6. The van der Waals surface area contributed by atoms with Crippen molar-refractivity contribution in [1.82, 2.24) is 14.7 Å². The minimum absolute atomic E-state index is 0.0186. The first kappa shape index (κ1) is 47.4. The Hall–Kier alpha value is -3.97. The number of carbonyl (C=O) groups excluding carboxylic acids is 2. The van der Waals surface area contributed by atoms with E-state index in [1.807, 2.05) is 18.1 Å². The molecule has 0 radical (unpaired) electrons. The molecular formula is C36H49Cl3N8O8S2. The molecule has 0 aromatic heterocycles. The van der Waals surface area contributed by atoms with E-state index >= 15 is 0 Å². The number of aliphatic imine (C=N–C) groups is 2. The first-order valence-corrected chi connectivity index (χ1v) is 22.8. The Kier molecular flexibility index (Phi) is 18.0. The third-order valence-corrected chi connectivity index (χ3v) is 12.1. The smallest absolute Gasteiger partial charge is 0.337 e. The van der Waals surface area contributed by atoms with Gasteiger partial charge in [0.15, 0.2) is 0 Å². The standard InChI is InChI=1S/C18H24N4O4S.C9H16N4.C8H7ClO4S.CH2Cl2/c1-3-19-17(22-13-18(12-20-22)9-4-5-10-18)21-27(24,25)15-8-6-7-14(11-15)16(23)26-2;1-11-8(10)13-7-9(6-12-13)4-2-3-5-9;1-13-8(10)6-3-2-4-7(5-6)14(9,11)12;2-1-3/h6-8,11-12H,3-5,9-10,13H2,1-2H3,(H,19,21);6H,2-5,7H2,1H3,(H2,10,11);2-5H,1H3;1H2. The van der Waals surface area contributed by atoms with Gasteiger partial charge in [-0.05, 0) is 69.0 Å². The summed E-state index contributed by atoms with van der Waals surface area (Å²) in [5.41, 5.74) is 6.34. The molecule has 2 aliphatic carbocycles. The van der Waals surface area contributed by atoms with Gasteiger partial charge in [-0.15, -0.1) is 23.2 Å². The van der Waals surface area contributed by atoms with Crippen LogP contribution in [-0.2, 0) is 28.5 Å². The molecular weight excluding hydrogens is 843 g/mol. The lowest BCUT2D eigenvalue weighted by molar-refractivity contribution is 0.0591. The van der Waals surface area contributed by atoms with Crippen LogP contribution in [0.3, 0.4) is 0 Å². The molecule has 2 aromatic carbocycles. The largest absolute Gasteiger partial charge is 0.465 e. The van der Waals surface area contributed by atoms with E-state index in [-0.39, 0.29) is 37.6 Å². The van der Waals surface area contributed by atoms with Crippen molar-refractivity contribution in [2.45, 2.75) is 68.1 Å². The van der Waals surface area contributed by atoms with Gasteiger partial charge in [-0.1, -0.05) is 37.8 Å². The number of nitrogens with two attached hydrogens (primary N) is 1.